The first-order valence-electron chi connectivity index (χ1n) is 4.62. The van der Waals surface area contributed by atoms with E-state index in [9.17, 15) is 9.59 Å². The van der Waals surface area contributed by atoms with E-state index in [-0.39, 0.29) is 6.61 Å². The molecule has 0 unspecified atom stereocenters. The van der Waals surface area contributed by atoms with Crippen LogP contribution in [0.4, 0.5) is 0 Å². The largest absolute Gasteiger partial charge is 0.480 e. The lowest BCUT2D eigenvalue weighted by Crippen LogP contribution is -2.16. The zero-order valence-corrected chi connectivity index (χ0v) is 8.32. The molecule has 0 atom stereocenters. The van der Waals surface area contributed by atoms with E-state index in [2.05, 4.69) is 11.7 Å². The van der Waals surface area contributed by atoms with Crippen LogP contribution < -0.4 is 0 Å². The zero-order chi connectivity index (χ0) is 10.8. The first kappa shape index (κ1) is 12.9. The summed E-state index contributed by atoms with van der Waals surface area (Å²) in [7, 11) is 0. The number of aliphatic carboxylic acids is 1. The van der Waals surface area contributed by atoms with Gasteiger partial charge in [-0.05, 0) is 6.42 Å². The molecule has 82 valence electrons. The lowest BCUT2D eigenvalue weighted by molar-refractivity contribution is -0.152. The molecule has 0 bridgehead atoms. The smallest absolute Gasteiger partial charge is 0.332 e. The van der Waals surface area contributed by atoms with Crippen LogP contribution in [-0.2, 0) is 19.1 Å². The van der Waals surface area contributed by atoms with Crippen molar-refractivity contribution in [2.45, 2.75) is 26.2 Å². The summed E-state index contributed by atoms with van der Waals surface area (Å²) in [6, 6.07) is 0. The fourth-order valence-corrected chi connectivity index (χ4v) is 0.801. The van der Waals surface area contributed by atoms with E-state index in [0.29, 0.717) is 6.61 Å². The average Bonchev–Trinajstić information content (AvgIpc) is 2.12. The van der Waals surface area contributed by atoms with Crippen molar-refractivity contribution in [2.75, 3.05) is 19.8 Å². The van der Waals surface area contributed by atoms with Gasteiger partial charge in [-0.25, -0.2) is 9.59 Å². The van der Waals surface area contributed by atoms with E-state index >= 15 is 0 Å². The number of carboxylic acid groups (broad SMARTS) is 1. The number of carbonyl (C=O) groups excluding carboxylic acids is 1. The van der Waals surface area contributed by atoms with Crippen molar-refractivity contribution < 1.29 is 24.2 Å². The standard InChI is InChI=1S/C9H16O5/c1-2-3-4-5-14-9(12)7-13-6-8(10)11/h2-7H2,1H3,(H,10,11). The van der Waals surface area contributed by atoms with Crippen molar-refractivity contribution in [3.63, 3.8) is 0 Å². The van der Waals surface area contributed by atoms with Gasteiger partial charge in [0.15, 0.2) is 0 Å². The highest BCUT2D eigenvalue weighted by Gasteiger charge is 2.04. The number of hydrogen-bond acceptors (Lipinski definition) is 4. The summed E-state index contributed by atoms with van der Waals surface area (Å²) in [5, 5.41) is 8.20. The van der Waals surface area contributed by atoms with Crippen LogP contribution in [0, 0.1) is 0 Å². The molecule has 5 nitrogen and oxygen atoms in total. The topological polar surface area (TPSA) is 72.8 Å². The Labute approximate surface area is 83.0 Å². The van der Waals surface area contributed by atoms with Crippen LogP contribution in [-0.4, -0.2) is 36.9 Å². The predicted octanol–water partition coefficient (Wildman–Crippen LogP) is 0.821. The Morgan fingerprint density at radius 3 is 2.50 bits per heavy atom. The van der Waals surface area contributed by atoms with Gasteiger partial charge in [0.1, 0.15) is 13.2 Å². The van der Waals surface area contributed by atoms with Crippen LogP contribution in [0.15, 0.2) is 0 Å². The van der Waals surface area contributed by atoms with Crippen LogP contribution in [0.25, 0.3) is 0 Å². The Morgan fingerprint density at radius 2 is 1.93 bits per heavy atom. The van der Waals surface area contributed by atoms with E-state index in [1.54, 1.807) is 0 Å². The van der Waals surface area contributed by atoms with Gasteiger partial charge in [0.2, 0.25) is 0 Å². The maximum atomic E-state index is 10.8. The van der Waals surface area contributed by atoms with Crippen molar-refractivity contribution in [1.82, 2.24) is 0 Å². The van der Waals surface area contributed by atoms with E-state index in [0.717, 1.165) is 19.3 Å². The van der Waals surface area contributed by atoms with Gasteiger partial charge in [0, 0.05) is 0 Å². The van der Waals surface area contributed by atoms with Crippen LogP contribution in [0.5, 0.6) is 0 Å². The molecule has 0 aliphatic heterocycles. The number of carbonyl (C=O) groups is 2. The number of esters is 1. The number of carboxylic acids is 1. The summed E-state index contributed by atoms with van der Waals surface area (Å²) in [5.74, 6) is -1.61. The highest BCUT2D eigenvalue weighted by Crippen LogP contribution is 1.94. The number of ether oxygens (including phenoxy) is 2. The maximum absolute atomic E-state index is 10.8. The SMILES string of the molecule is CCCCCOC(=O)COCC(=O)O. The average molecular weight is 204 g/mol. The Bertz CT molecular complexity index is 178. The molecule has 1 N–H and O–H groups in total. The van der Waals surface area contributed by atoms with Crippen LogP contribution >= 0.6 is 0 Å². The monoisotopic (exact) mass is 204 g/mol. The van der Waals surface area contributed by atoms with E-state index in [1.807, 2.05) is 0 Å². The molecule has 0 saturated heterocycles. The third kappa shape index (κ3) is 8.99. The maximum Gasteiger partial charge on any atom is 0.332 e. The Kier molecular flexibility index (Phi) is 7.83. The molecule has 0 saturated carbocycles. The summed E-state index contributed by atoms with van der Waals surface area (Å²) in [5.41, 5.74) is 0. The quantitative estimate of drug-likeness (QED) is 0.468. The Morgan fingerprint density at radius 1 is 1.21 bits per heavy atom. The minimum atomic E-state index is -1.09. The van der Waals surface area contributed by atoms with Crippen LogP contribution in [0.2, 0.25) is 0 Å². The molecule has 0 fully saturated rings. The lowest BCUT2D eigenvalue weighted by Gasteiger charge is -2.03. The van der Waals surface area contributed by atoms with Gasteiger partial charge >= 0.3 is 11.9 Å². The van der Waals surface area contributed by atoms with Crippen molar-refractivity contribution >= 4 is 11.9 Å². The summed E-state index contributed by atoms with van der Waals surface area (Å²) < 4.78 is 9.31. The van der Waals surface area contributed by atoms with Crippen LogP contribution in [0.3, 0.4) is 0 Å². The van der Waals surface area contributed by atoms with Crippen molar-refractivity contribution in [2.24, 2.45) is 0 Å². The molecule has 0 spiro atoms. The lowest BCUT2D eigenvalue weighted by atomic mass is 10.3. The predicted molar refractivity (Wildman–Crippen MR) is 48.9 cm³/mol. The molecule has 0 amide bonds. The minimum Gasteiger partial charge on any atom is -0.480 e. The van der Waals surface area contributed by atoms with Crippen molar-refractivity contribution in [3.05, 3.63) is 0 Å². The highest BCUT2D eigenvalue weighted by molar-refractivity contribution is 5.72. The van der Waals surface area contributed by atoms with Gasteiger partial charge < -0.3 is 14.6 Å². The molecule has 0 heterocycles. The van der Waals surface area contributed by atoms with Crippen molar-refractivity contribution in [3.8, 4) is 0 Å². The molecule has 14 heavy (non-hydrogen) atoms. The van der Waals surface area contributed by atoms with E-state index in [4.69, 9.17) is 9.84 Å². The first-order valence-corrected chi connectivity index (χ1v) is 4.62. The number of rotatable bonds is 8. The summed E-state index contributed by atoms with van der Waals surface area (Å²) in [6.07, 6.45) is 2.91. The minimum absolute atomic E-state index is 0.293. The van der Waals surface area contributed by atoms with Gasteiger partial charge in [0.05, 0.1) is 6.61 Å². The molecule has 0 aromatic carbocycles. The second-order valence-electron chi connectivity index (χ2n) is 2.81. The summed E-state index contributed by atoms with van der Waals surface area (Å²) >= 11 is 0. The second kappa shape index (κ2) is 8.50. The van der Waals surface area contributed by atoms with Gasteiger partial charge in [-0.1, -0.05) is 19.8 Å². The third-order valence-corrected chi connectivity index (χ3v) is 1.46. The second-order valence-corrected chi connectivity index (χ2v) is 2.81. The van der Waals surface area contributed by atoms with E-state index < -0.39 is 18.5 Å². The molecule has 0 aliphatic rings. The molecule has 0 aliphatic carbocycles. The normalized spacial score (nSPS) is 9.79. The number of hydrogen-bond donors (Lipinski definition) is 1. The molecular formula is C9H16O5. The highest BCUT2D eigenvalue weighted by atomic mass is 16.6. The summed E-state index contributed by atoms with van der Waals surface area (Å²) in [4.78, 5) is 20.9. The molecule has 5 heteroatoms. The Hall–Kier alpha value is -1.10. The Balaban J connectivity index is 3.24. The number of unbranched alkanes of at least 4 members (excludes halogenated alkanes) is 2. The third-order valence-electron chi connectivity index (χ3n) is 1.46. The molecule has 0 rings (SSSR count). The van der Waals surface area contributed by atoms with Gasteiger partial charge in [-0.3, -0.25) is 0 Å². The molecule has 0 aromatic heterocycles. The molecular weight excluding hydrogens is 188 g/mol. The zero-order valence-electron chi connectivity index (χ0n) is 8.32. The summed E-state index contributed by atoms with van der Waals surface area (Å²) in [6.45, 7) is 1.67. The van der Waals surface area contributed by atoms with Gasteiger partial charge in [0.25, 0.3) is 0 Å². The fourth-order valence-electron chi connectivity index (χ4n) is 0.801. The van der Waals surface area contributed by atoms with Crippen molar-refractivity contribution in [1.29, 1.82) is 0 Å². The first-order chi connectivity index (χ1) is 6.66. The van der Waals surface area contributed by atoms with E-state index in [1.165, 1.54) is 0 Å². The fraction of sp³-hybridized carbons (Fsp3) is 0.778. The van der Waals surface area contributed by atoms with Gasteiger partial charge in [-0.15, -0.1) is 0 Å². The van der Waals surface area contributed by atoms with Crippen LogP contribution in [0.1, 0.15) is 26.2 Å². The molecule has 0 aromatic rings. The van der Waals surface area contributed by atoms with Gasteiger partial charge in [-0.2, -0.15) is 0 Å². The molecule has 0 radical (unpaired) electrons.